The van der Waals surface area contributed by atoms with Crippen molar-refractivity contribution in [3.63, 3.8) is 0 Å². The highest BCUT2D eigenvalue weighted by Crippen LogP contribution is 2.16. The van der Waals surface area contributed by atoms with Gasteiger partial charge in [-0.15, -0.1) is 0 Å². The van der Waals surface area contributed by atoms with E-state index in [2.05, 4.69) is 25.2 Å². The van der Waals surface area contributed by atoms with E-state index in [1.807, 2.05) is 6.07 Å². The molecule has 1 fully saturated rings. The van der Waals surface area contributed by atoms with Crippen LogP contribution in [0.3, 0.4) is 0 Å². The van der Waals surface area contributed by atoms with Gasteiger partial charge in [-0.05, 0) is 31.4 Å². The largest absolute Gasteiger partial charge is 0.341 e. The Kier molecular flexibility index (Phi) is 5.27. The standard InChI is InChI=1S/C20H22N6O2/c27-18(8-11-26-14-23-17-7-3-2-6-16(17)19(26)28)24-15-12-21-20(22-13-15)25-9-4-1-5-10-25/h2-3,6-7,12-14H,1,4-5,8-11H2,(H,24,27). The van der Waals surface area contributed by atoms with Crippen molar-refractivity contribution in [2.24, 2.45) is 0 Å². The molecule has 28 heavy (non-hydrogen) atoms. The minimum Gasteiger partial charge on any atom is -0.341 e. The fraction of sp³-hybridized carbons (Fsp3) is 0.350. The summed E-state index contributed by atoms with van der Waals surface area (Å²) in [5.74, 6) is 0.501. The van der Waals surface area contributed by atoms with Crippen LogP contribution in [0.2, 0.25) is 0 Å². The maximum Gasteiger partial charge on any atom is 0.261 e. The number of rotatable bonds is 5. The van der Waals surface area contributed by atoms with Crippen LogP contribution in [0.1, 0.15) is 25.7 Å². The monoisotopic (exact) mass is 378 g/mol. The lowest BCUT2D eigenvalue weighted by molar-refractivity contribution is -0.116. The Morgan fingerprint density at radius 1 is 1.04 bits per heavy atom. The van der Waals surface area contributed by atoms with Crippen LogP contribution in [-0.2, 0) is 11.3 Å². The van der Waals surface area contributed by atoms with Crippen molar-refractivity contribution in [2.45, 2.75) is 32.2 Å². The first-order valence-corrected chi connectivity index (χ1v) is 9.52. The molecule has 8 heteroatoms. The van der Waals surface area contributed by atoms with Gasteiger partial charge in [0, 0.05) is 26.1 Å². The molecule has 1 aromatic carbocycles. The molecule has 0 unspecified atom stereocenters. The van der Waals surface area contributed by atoms with Crippen LogP contribution in [-0.4, -0.2) is 38.5 Å². The van der Waals surface area contributed by atoms with E-state index in [0.29, 0.717) is 22.5 Å². The Hall–Kier alpha value is -3.29. The lowest BCUT2D eigenvalue weighted by Crippen LogP contribution is -2.31. The number of aromatic nitrogens is 4. The maximum absolute atomic E-state index is 12.5. The topological polar surface area (TPSA) is 93.0 Å². The third kappa shape index (κ3) is 4.00. The average molecular weight is 378 g/mol. The van der Waals surface area contributed by atoms with Crippen LogP contribution in [0.5, 0.6) is 0 Å². The minimum atomic E-state index is -0.200. The zero-order valence-electron chi connectivity index (χ0n) is 15.5. The van der Waals surface area contributed by atoms with Gasteiger partial charge in [0.25, 0.3) is 5.56 Å². The van der Waals surface area contributed by atoms with Gasteiger partial charge in [0.05, 0.1) is 35.3 Å². The maximum atomic E-state index is 12.5. The van der Waals surface area contributed by atoms with Crippen molar-refractivity contribution in [2.75, 3.05) is 23.3 Å². The summed E-state index contributed by atoms with van der Waals surface area (Å²) < 4.78 is 1.46. The zero-order chi connectivity index (χ0) is 19.3. The predicted octanol–water partition coefficient (Wildman–Crippen LogP) is 2.21. The average Bonchev–Trinajstić information content (AvgIpc) is 2.75. The third-order valence-corrected chi connectivity index (χ3v) is 4.87. The molecular formula is C20H22N6O2. The van der Waals surface area contributed by atoms with Gasteiger partial charge in [0.2, 0.25) is 11.9 Å². The lowest BCUT2D eigenvalue weighted by Gasteiger charge is -2.26. The van der Waals surface area contributed by atoms with Gasteiger partial charge in [-0.25, -0.2) is 15.0 Å². The molecule has 1 amide bonds. The first-order chi connectivity index (χ1) is 13.7. The first-order valence-electron chi connectivity index (χ1n) is 9.52. The second-order valence-corrected chi connectivity index (χ2v) is 6.88. The second kappa shape index (κ2) is 8.16. The summed E-state index contributed by atoms with van der Waals surface area (Å²) in [4.78, 5) is 39.8. The van der Waals surface area contributed by atoms with Crippen LogP contribution in [0.25, 0.3) is 10.9 Å². The highest BCUT2D eigenvalue weighted by atomic mass is 16.2. The molecule has 1 saturated heterocycles. The number of carbonyl (C=O) groups is 1. The van der Waals surface area contributed by atoms with Gasteiger partial charge in [-0.2, -0.15) is 0 Å². The minimum absolute atomic E-state index is 0.146. The molecule has 144 valence electrons. The van der Waals surface area contributed by atoms with Gasteiger partial charge in [0.15, 0.2) is 0 Å². The smallest absolute Gasteiger partial charge is 0.261 e. The molecule has 0 spiro atoms. The summed E-state index contributed by atoms with van der Waals surface area (Å²) in [7, 11) is 0. The molecule has 1 N–H and O–H groups in total. The highest BCUT2D eigenvalue weighted by Gasteiger charge is 2.13. The molecule has 8 nitrogen and oxygen atoms in total. The van der Waals surface area contributed by atoms with Crippen LogP contribution in [0, 0.1) is 0 Å². The summed E-state index contributed by atoms with van der Waals surface area (Å²) in [6, 6.07) is 7.17. The Labute approximate surface area is 162 Å². The van der Waals surface area contributed by atoms with Crippen molar-refractivity contribution in [3.8, 4) is 0 Å². The van der Waals surface area contributed by atoms with E-state index in [9.17, 15) is 9.59 Å². The first kappa shape index (κ1) is 18.1. The summed E-state index contributed by atoms with van der Waals surface area (Å²) in [6.45, 7) is 2.20. The molecule has 3 heterocycles. The normalized spacial score (nSPS) is 14.2. The van der Waals surface area contributed by atoms with Gasteiger partial charge >= 0.3 is 0 Å². The van der Waals surface area contributed by atoms with Crippen LogP contribution >= 0.6 is 0 Å². The molecule has 0 atom stereocenters. The van der Waals surface area contributed by atoms with E-state index in [0.717, 1.165) is 25.9 Å². The van der Waals surface area contributed by atoms with Crippen molar-refractivity contribution >= 4 is 28.4 Å². The fourth-order valence-corrected chi connectivity index (χ4v) is 3.35. The SMILES string of the molecule is O=C(CCn1cnc2ccccc2c1=O)Nc1cnc(N2CCCCC2)nc1. The number of hydrogen-bond acceptors (Lipinski definition) is 6. The number of para-hydroxylation sites is 1. The Morgan fingerprint density at radius 2 is 1.79 bits per heavy atom. The summed E-state index contributed by atoms with van der Waals surface area (Å²) >= 11 is 0. The molecule has 0 aliphatic carbocycles. The Morgan fingerprint density at radius 3 is 2.57 bits per heavy atom. The molecule has 0 radical (unpaired) electrons. The molecule has 3 aromatic rings. The zero-order valence-corrected chi connectivity index (χ0v) is 15.5. The molecule has 0 saturated carbocycles. The number of fused-ring (bicyclic) bond motifs is 1. The van der Waals surface area contributed by atoms with Gasteiger partial charge in [-0.1, -0.05) is 12.1 Å². The van der Waals surface area contributed by atoms with Crippen LogP contribution < -0.4 is 15.8 Å². The number of aryl methyl sites for hydroxylation is 1. The summed E-state index contributed by atoms with van der Waals surface area (Å²) in [5, 5.41) is 3.33. The lowest BCUT2D eigenvalue weighted by atomic mass is 10.1. The van der Waals surface area contributed by atoms with E-state index in [4.69, 9.17) is 0 Å². The van der Waals surface area contributed by atoms with Gasteiger partial charge in [-0.3, -0.25) is 14.2 Å². The van der Waals surface area contributed by atoms with Gasteiger partial charge in [0.1, 0.15) is 0 Å². The van der Waals surface area contributed by atoms with E-state index in [1.165, 1.54) is 17.3 Å². The quantitative estimate of drug-likeness (QED) is 0.732. The predicted molar refractivity (Wildman–Crippen MR) is 107 cm³/mol. The number of nitrogens with zero attached hydrogens (tertiary/aromatic N) is 5. The van der Waals surface area contributed by atoms with Crippen molar-refractivity contribution in [1.29, 1.82) is 0 Å². The molecule has 1 aliphatic heterocycles. The Balaban J connectivity index is 1.36. The van der Waals surface area contributed by atoms with E-state index in [-0.39, 0.29) is 24.4 Å². The van der Waals surface area contributed by atoms with Crippen molar-refractivity contribution < 1.29 is 4.79 Å². The van der Waals surface area contributed by atoms with Crippen LogP contribution in [0.15, 0.2) is 47.8 Å². The summed E-state index contributed by atoms with van der Waals surface area (Å²) in [5.41, 5.74) is 1.06. The number of carbonyl (C=O) groups excluding carboxylic acids is 1. The number of anilines is 2. The number of amides is 1. The van der Waals surface area contributed by atoms with E-state index >= 15 is 0 Å². The van der Waals surface area contributed by atoms with Crippen molar-refractivity contribution in [3.05, 3.63) is 53.3 Å². The Bertz CT molecular complexity index is 1020. The number of benzene rings is 1. The number of hydrogen-bond donors (Lipinski definition) is 1. The van der Waals surface area contributed by atoms with Crippen LogP contribution in [0.4, 0.5) is 11.6 Å². The molecular weight excluding hydrogens is 356 g/mol. The molecule has 1 aliphatic rings. The fourth-order valence-electron chi connectivity index (χ4n) is 3.35. The summed E-state index contributed by atoms with van der Waals surface area (Å²) in [6.07, 6.45) is 8.45. The third-order valence-electron chi connectivity index (χ3n) is 4.87. The number of nitrogens with one attached hydrogen (secondary N) is 1. The molecule has 2 aromatic heterocycles. The molecule has 4 rings (SSSR count). The number of piperidine rings is 1. The van der Waals surface area contributed by atoms with E-state index in [1.54, 1.807) is 30.6 Å². The molecule has 0 bridgehead atoms. The van der Waals surface area contributed by atoms with E-state index < -0.39 is 0 Å². The second-order valence-electron chi connectivity index (χ2n) is 6.88. The van der Waals surface area contributed by atoms with Crippen molar-refractivity contribution in [1.82, 2.24) is 19.5 Å². The highest BCUT2D eigenvalue weighted by molar-refractivity contribution is 5.90. The van der Waals surface area contributed by atoms with Gasteiger partial charge < -0.3 is 10.2 Å².